The fourth-order valence-corrected chi connectivity index (χ4v) is 2.48. The third-order valence-electron chi connectivity index (χ3n) is 3.67. The van der Waals surface area contributed by atoms with E-state index in [0.717, 1.165) is 0 Å². The molecule has 2 aromatic rings. The first-order valence-electron chi connectivity index (χ1n) is 7.11. The van der Waals surface area contributed by atoms with E-state index in [1.54, 1.807) is 36.4 Å². The van der Waals surface area contributed by atoms with Crippen LogP contribution in [0.1, 0.15) is 62.2 Å². The summed E-state index contributed by atoms with van der Waals surface area (Å²) in [6, 6.07) is 9.88. The minimum Gasteiger partial charge on any atom is -0.298 e. The highest BCUT2D eigenvalue weighted by Gasteiger charge is 2.14. The number of carbonyl (C=O) groups is 4. The van der Waals surface area contributed by atoms with Crippen molar-refractivity contribution in [2.24, 2.45) is 0 Å². The van der Waals surface area contributed by atoms with Gasteiger partial charge >= 0.3 is 0 Å². The minimum atomic E-state index is -0.201. The van der Waals surface area contributed by atoms with E-state index in [-0.39, 0.29) is 17.3 Å². The predicted octanol–water partition coefficient (Wildman–Crippen LogP) is 3.77. The molecule has 0 aliphatic rings. The zero-order valence-electron chi connectivity index (χ0n) is 13.2. The van der Waals surface area contributed by atoms with Crippen LogP contribution in [0.25, 0.3) is 11.1 Å². The van der Waals surface area contributed by atoms with E-state index in [2.05, 4.69) is 0 Å². The normalized spacial score (nSPS) is 10.2. The summed E-state index contributed by atoms with van der Waals surface area (Å²) in [6.45, 7) is 4.21. The molecule has 2 rings (SSSR count). The molecule has 2 aromatic carbocycles. The Morgan fingerprint density at radius 3 is 1.65 bits per heavy atom. The van der Waals surface area contributed by atoms with E-state index >= 15 is 0 Å². The molecule has 0 amide bonds. The molecule has 4 nitrogen and oxygen atoms in total. The van der Waals surface area contributed by atoms with Crippen molar-refractivity contribution >= 4 is 23.6 Å². The van der Waals surface area contributed by atoms with Crippen LogP contribution < -0.4 is 0 Å². The quantitative estimate of drug-likeness (QED) is 0.623. The Bertz CT molecular complexity index is 831. The second kappa shape index (κ2) is 6.48. The number of hydrogen-bond donors (Lipinski definition) is 0. The van der Waals surface area contributed by atoms with Gasteiger partial charge in [0.1, 0.15) is 0 Å². The highest BCUT2D eigenvalue weighted by atomic mass is 16.1. The van der Waals surface area contributed by atoms with E-state index in [0.29, 0.717) is 39.7 Å². The van der Waals surface area contributed by atoms with Crippen molar-refractivity contribution in [3.8, 4) is 11.1 Å². The zero-order valence-corrected chi connectivity index (χ0v) is 13.2. The van der Waals surface area contributed by atoms with Gasteiger partial charge in [0.05, 0.1) is 0 Å². The summed E-state index contributed by atoms with van der Waals surface area (Å²) in [5, 5.41) is 0. The van der Waals surface area contributed by atoms with Gasteiger partial charge in [0.25, 0.3) is 0 Å². The molecule has 23 heavy (non-hydrogen) atoms. The van der Waals surface area contributed by atoms with Gasteiger partial charge in [-0.2, -0.15) is 0 Å². The minimum absolute atomic E-state index is 0.178. The molecule has 0 saturated heterocycles. The number of ketones is 3. The Kier molecular flexibility index (Phi) is 4.65. The highest BCUT2D eigenvalue weighted by molar-refractivity contribution is 6.08. The first-order chi connectivity index (χ1) is 10.8. The standard InChI is InChI=1S/C19H16O4/c1-11(21)17-6-4-14(8-16(17)10-20)15-5-7-18(12(2)22)19(9-15)13(3)23/h4-10H,1-3H3. The highest BCUT2D eigenvalue weighted by Crippen LogP contribution is 2.25. The molecular formula is C19H16O4. The molecule has 0 aliphatic carbocycles. The van der Waals surface area contributed by atoms with Gasteiger partial charge in [-0.1, -0.05) is 24.3 Å². The lowest BCUT2D eigenvalue weighted by molar-refractivity contribution is 0.0981. The Hall–Kier alpha value is -2.88. The lowest BCUT2D eigenvalue weighted by Crippen LogP contribution is -2.04. The predicted molar refractivity (Wildman–Crippen MR) is 87.3 cm³/mol. The van der Waals surface area contributed by atoms with Gasteiger partial charge in [0.15, 0.2) is 23.6 Å². The van der Waals surface area contributed by atoms with Crippen LogP contribution >= 0.6 is 0 Å². The fraction of sp³-hybridized carbons (Fsp3) is 0.158. The molecule has 0 radical (unpaired) electrons. The van der Waals surface area contributed by atoms with Crippen molar-refractivity contribution in [3.05, 3.63) is 58.7 Å². The lowest BCUT2D eigenvalue weighted by atomic mass is 9.93. The number of Topliss-reactive ketones (excluding diaryl/α,β-unsaturated/α-hetero) is 3. The Balaban J connectivity index is 2.61. The molecule has 0 aromatic heterocycles. The number of rotatable bonds is 5. The second-order valence-electron chi connectivity index (χ2n) is 5.35. The topological polar surface area (TPSA) is 68.3 Å². The molecule has 0 fully saturated rings. The summed E-state index contributed by atoms with van der Waals surface area (Å²) in [4.78, 5) is 46.0. The van der Waals surface area contributed by atoms with Crippen molar-refractivity contribution < 1.29 is 19.2 Å². The van der Waals surface area contributed by atoms with Crippen molar-refractivity contribution in [2.75, 3.05) is 0 Å². The maximum Gasteiger partial charge on any atom is 0.160 e. The second-order valence-corrected chi connectivity index (χ2v) is 5.35. The summed E-state index contributed by atoms with van der Waals surface area (Å²) >= 11 is 0. The number of benzene rings is 2. The third-order valence-corrected chi connectivity index (χ3v) is 3.67. The summed E-state index contributed by atoms with van der Waals surface area (Å²) < 4.78 is 0. The van der Waals surface area contributed by atoms with E-state index < -0.39 is 0 Å². The van der Waals surface area contributed by atoms with Crippen LogP contribution in [-0.2, 0) is 0 Å². The van der Waals surface area contributed by atoms with Crippen molar-refractivity contribution in [2.45, 2.75) is 20.8 Å². The summed E-state index contributed by atoms with van der Waals surface area (Å²) in [5.74, 6) is -0.565. The molecule has 0 saturated carbocycles. The smallest absolute Gasteiger partial charge is 0.160 e. The van der Waals surface area contributed by atoms with E-state index in [9.17, 15) is 19.2 Å². The Morgan fingerprint density at radius 2 is 1.17 bits per heavy atom. The Labute approximate surface area is 134 Å². The van der Waals surface area contributed by atoms with Crippen LogP contribution in [0, 0.1) is 0 Å². The summed E-state index contributed by atoms with van der Waals surface area (Å²) in [6.07, 6.45) is 0.635. The summed E-state index contributed by atoms with van der Waals surface area (Å²) in [5.41, 5.74) is 2.79. The third kappa shape index (κ3) is 3.31. The van der Waals surface area contributed by atoms with E-state index in [1.165, 1.54) is 20.8 Å². The van der Waals surface area contributed by atoms with Gasteiger partial charge in [-0.15, -0.1) is 0 Å². The molecule has 0 aliphatic heterocycles. The van der Waals surface area contributed by atoms with Crippen molar-refractivity contribution in [1.29, 1.82) is 0 Å². The van der Waals surface area contributed by atoms with Crippen LogP contribution in [0.2, 0.25) is 0 Å². The molecule has 0 unspecified atom stereocenters. The van der Waals surface area contributed by atoms with Crippen LogP contribution in [0.5, 0.6) is 0 Å². The molecule has 0 spiro atoms. The maximum absolute atomic E-state index is 11.8. The van der Waals surface area contributed by atoms with Gasteiger partial charge < -0.3 is 0 Å². The molecule has 0 N–H and O–H groups in total. The van der Waals surface area contributed by atoms with Gasteiger partial charge in [0, 0.05) is 22.3 Å². The number of aldehydes is 1. The fourth-order valence-electron chi connectivity index (χ4n) is 2.48. The first kappa shape index (κ1) is 16.5. The molecule has 0 atom stereocenters. The average molecular weight is 308 g/mol. The Morgan fingerprint density at radius 1 is 0.696 bits per heavy atom. The monoisotopic (exact) mass is 308 g/mol. The number of carbonyl (C=O) groups excluding carboxylic acids is 4. The van der Waals surface area contributed by atoms with Crippen LogP contribution in [0.4, 0.5) is 0 Å². The largest absolute Gasteiger partial charge is 0.298 e. The summed E-state index contributed by atoms with van der Waals surface area (Å²) in [7, 11) is 0. The van der Waals surface area contributed by atoms with Crippen LogP contribution in [0.15, 0.2) is 36.4 Å². The van der Waals surface area contributed by atoms with E-state index in [4.69, 9.17) is 0 Å². The van der Waals surface area contributed by atoms with Crippen molar-refractivity contribution in [3.63, 3.8) is 0 Å². The first-order valence-corrected chi connectivity index (χ1v) is 7.11. The van der Waals surface area contributed by atoms with Crippen LogP contribution in [-0.4, -0.2) is 23.6 Å². The zero-order chi connectivity index (χ0) is 17.1. The van der Waals surface area contributed by atoms with Crippen LogP contribution in [0.3, 0.4) is 0 Å². The molecule has 4 heteroatoms. The van der Waals surface area contributed by atoms with E-state index in [1.807, 2.05) is 0 Å². The molecular weight excluding hydrogens is 292 g/mol. The van der Waals surface area contributed by atoms with Gasteiger partial charge in [-0.05, 0) is 44.0 Å². The van der Waals surface area contributed by atoms with Crippen molar-refractivity contribution in [1.82, 2.24) is 0 Å². The molecule has 116 valence electrons. The van der Waals surface area contributed by atoms with Gasteiger partial charge in [-0.25, -0.2) is 0 Å². The SMILES string of the molecule is CC(=O)c1ccc(-c2ccc(C(C)=O)c(C(C)=O)c2)cc1C=O. The van der Waals surface area contributed by atoms with Gasteiger partial charge in [0.2, 0.25) is 0 Å². The lowest BCUT2D eigenvalue weighted by Gasteiger charge is -2.09. The molecule has 0 heterocycles. The number of hydrogen-bond acceptors (Lipinski definition) is 4. The van der Waals surface area contributed by atoms with Gasteiger partial charge in [-0.3, -0.25) is 19.2 Å². The maximum atomic E-state index is 11.8. The molecule has 0 bridgehead atoms. The average Bonchev–Trinajstić information content (AvgIpc) is 2.53.